The summed E-state index contributed by atoms with van der Waals surface area (Å²) < 4.78 is 0. The van der Waals surface area contributed by atoms with E-state index in [1.807, 2.05) is 11.1 Å². The Balaban J connectivity index is 1.94. The number of piperidine rings is 1. The van der Waals surface area contributed by atoms with Crippen molar-refractivity contribution in [3.8, 4) is 0 Å². The fourth-order valence-electron chi connectivity index (χ4n) is 2.82. The Labute approximate surface area is 134 Å². The number of hydrogen-bond donors (Lipinski definition) is 1. The van der Waals surface area contributed by atoms with Crippen LogP contribution in [0.3, 0.4) is 0 Å². The minimum atomic E-state index is -0.0130. The molecule has 0 aliphatic carbocycles. The standard InChI is InChI=1S/C16H23N3O2S/c1-16(2,3)12-9-11-14(20)17-13(18-15(11)22-12)10-5-7-19(21-4)8-6-10/h9-10H,5-8H2,1-4H3,(H,17,18,20). The maximum atomic E-state index is 12.4. The molecule has 0 spiro atoms. The predicted octanol–water partition coefficient (Wildman–Crippen LogP) is 3.02. The van der Waals surface area contributed by atoms with Crippen LogP contribution in [0.5, 0.6) is 0 Å². The van der Waals surface area contributed by atoms with Gasteiger partial charge in [-0.1, -0.05) is 20.8 Å². The zero-order valence-electron chi connectivity index (χ0n) is 13.6. The summed E-state index contributed by atoms with van der Waals surface area (Å²) in [4.78, 5) is 27.4. The van der Waals surface area contributed by atoms with Crippen molar-refractivity contribution in [3.05, 3.63) is 27.1 Å². The third-order valence-corrected chi connectivity index (χ3v) is 5.71. The summed E-state index contributed by atoms with van der Waals surface area (Å²) in [6.45, 7) is 8.23. The molecule has 120 valence electrons. The van der Waals surface area contributed by atoms with Gasteiger partial charge in [0, 0.05) is 23.9 Å². The van der Waals surface area contributed by atoms with Gasteiger partial charge in [0.25, 0.3) is 5.56 Å². The van der Waals surface area contributed by atoms with Crippen molar-refractivity contribution in [3.63, 3.8) is 0 Å². The molecular formula is C16H23N3O2S. The van der Waals surface area contributed by atoms with E-state index in [0.29, 0.717) is 11.3 Å². The van der Waals surface area contributed by atoms with E-state index in [2.05, 4.69) is 25.8 Å². The second kappa shape index (κ2) is 5.76. The lowest BCUT2D eigenvalue weighted by Crippen LogP contribution is -2.33. The Hall–Kier alpha value is -1.24. The van der Waals surface area contributed by atoms with Crippen molar-refractivity contribution < 1.29 is 4.84 Å². The number of nitrogens with one attached hydrogen (secondary N) is 1. The van der Waals surface area contributed by atoms with Crippen LogP contribution in [0, 0.1) is 0 Å². The van der Waals surface area contributed by atoms with Gasteiger partial charge in [-0.05, 0) is 24.3 Å². The van der Waals surface area contributed by atoms with Crippen molar-refractivity contribution in [1.29, 1.82) is 0 Å². The predicted molar refractivity (Wildman–Crippen MR) is 89.5 cm³/mol. The van der Waals surface area contributed by atoms with Crippen LogP contribution in [0.15, 0.2) is 10.9 Å². The van der Waals surface area contributed by atoms with E-state index >= 15 is 0 Å². The smallest absolute Gasteiger partial charge is 0.259 e. The first-order chi connectivity index (χ1) is 10.4. The lowest BCUT2D eigenvalue weighted by molar-refractivity contribution is -0.144. The molecule has 0 amide bonds. The minimum Gasteiger partial charge on any atom is -0.310 e. The maximum absolute atomic E-state index is 12.4. The van der Waals surface area contributed by atoms with Gasteiger partial charge in [-0.2, -0.15) is 5.06 Å². The van der Waals surface area contributed by atoms with Gasteiger partial charge in [0.1, 0.15) is 10.7 Å². The second-order valence-electron chi connectivity index (χ2n) is 6.92. The summed E-state index contributed by atoms with van der Waals surface area (Å²) >= 11 is 1.64. The molecule has 2 aromatic rings. The Kier molecular flexibility index (Phi) is 4.09. The van der Waals surface area contributed by atoms with Crippen LogP contribution in [0.25, 0.3) is 10.2 Å². The fourth-order valence-corrected chi connectivity index (χ4v) is 3.92. The van der Waals surface area contributed by atoms with Crippen molar-refractivity contribution in [2.24, 2.45) is 0 Å². The summed E-state index contributed by atoms with van der Waals surface area (Å²) in [5, 5.41) is 2.67. The van der Waals surface area contributed by atoms with Gasteiger partial charge in [-0.15, -0.1) is 11.3 Å². The monoisotopic (exact) mass is 321 g/mol. The van der Waals surface area contributed by atoms with Gasteiger partial charge >= 0.3 is 0 Å². The van der Waals surface area contributed by atoms with E-state index in [1.165, 1.54) is 4.88 Å². The molecule has 22 heavy (non-hydrogen) atoms. The number of H-pyrrole nitrogens is 1. The minimum absolute atomic E-state index is 0.0130. The fraction of sp³-hybridized carbons (Fsp3) is 0.625. The van der Waals surface area contributed by atoms with Crippen LogP contribution >= 0.6 is 11.3 Å². The van der Waals surface area contributed by atoms with Crippen LogP contribution < -0.4 is 5.56 Å². The van der Waals surface area contributed by atoms with Crippen LogP contribution in [0.4, 0.5) is 0 Å². The molecule has 0 saturated carbocycles. The average Bonchev–Trinajstić information content (AvgIpc) is 2.92. The molecule has 0 unspecified atom stereocenters. The molecule has 0 bridgehead atoms. The molecule has 2 aromatic heterocycles. The van der Waals surface area contributed by atoms with Crippen molar-refractivity contribution in [2.45, 2.75) is 44.9 Å². The first kappa shape index (κ1) is 15.6. The molecule has 1 N–H and O–H groups in total. The average molecular weight is 321 g/mol. The summed E-state index contributed by atoms with van der Waals surface area (Å²) in [5.74, 6) is 1.14. The number of aromatic amines is 1. The van der Waals surface area contributed by atoms with E-state index in [0.717, 1.165) is 36.6 Å². The molecule has 0 aromatic carbocycles. The topological polar surface area (TPSA) is 58.2 Å². The normalized spacial score (nSPS) is 18.2. The lowest BCUT2D eigenvalue weighted by Gasteiger charge is -2.29. The van der Waals surface area contributed by atoms with Gasteiger partial charge in [0.2, 0.25) is 0 Å². The van der Waals surface area contributed by atoms with E-state index < -0.39 is 0 Å². The van der Waals surface area contributed by atoms with Crippen molar-refractivity contribution in [1.82, 2.24) is 15.0 Å². The summed E-state index contributed by atoms with van der Waals surface area (Å²) in [6, 6.07) is 1.99. The largest absolute Gasteiger partial charge is 0.310 e. The number of thiophene rings is 1. The highest BCUT2D eigenvalue weighted by molar-refractivity contribution is 7.18. The van der Waals surface area contributed by atoms with E-state index in [1.54, 1.807) is 18.4 Å². The molecule has 6 heteroatoms. The molecule has 0 radical (unpaired) electrons. The van der Waals surface area contributed by atoms with Gasteiger partial charge in [-0.3, -0.25) is 4.79 Å². The maximum Gasteiger partial charge on any atom is 0.259 e. The molecule has 3 heterocycles. The third-order valence-electron chi connectivity index (χ3n) is 4.26. The molecule has 1 saturated heterocycles. The number of nitrogens with zero attached hydrogens (tertiary/aromatic N) is 2. The molecular weight excluding hydrogens is 298 g/mol. The Morgan fingerprint density at radius 1 is 1.36 bits per heavy atom. The number of rotatable bonds is 2. The first-order valence-electron chi connectivity index (χ1n) is 7.72. The Morgan fingerprint density at radius 2 is 2.05 bits per heavy atom. The zero-order chi connectivity index (χ0) is 15.9. The van der Waals surface area contributed by atoms with Gasteiger partial charge in [0.05, 0.1) is 12.5 Å². The second-order valence-corrected chi connectivity index (χ2v) is 7.95. The summed E-state index contributed by atoms with van der Waals surface area (Å²) in [7, 11) is 1.70. The van der Waals surface area contributed by atoms with Crippen LogP contribution in [-0.4, -0.2) is 35.2 Å². The number of aromatic nitrogens is 2. The Bertz CT molecular complexity index is 721. The molecule has 1 aliphatic rings. The molecule has 1 aliphatic heterocycles. The third kappa shape index (κ3) is 2.95. The lowest BCUT2D eigenvalue weighted by atomic mass is 9.94. The van der Waals surface area contributed by atoms with E-state index in [-0.39, 0.29) is 11.0 Å². The highest BCUT2D eigenvalue weighted by atomic mass is 32.1. The van der Waals surface area contributed by atoms with E-state index in [4.69, 9.17) is 9.82 Å². The van der Waals surface area contributed by atoms with Gasteiger partial charge in [0.15, 0.2) is 0 Å². The van der Waals surface area contributed by atoms with Crippen molar-refractivity contribution in [2.75, 3.05) is 20.2 Å². The molecule has 5 nitrogen and oxygen atoms in total. The van der Waals surface area contributed by atoms with Crippen LogP contribution in [0.1, 0.15) is 50.2 Å². The molecule has 3 rings (SSSR count). The van der Waals surface area contributed by atoms with Gasteiger partial charge in [-0.25, -0.2) is 4.98 Å². The van der Waals surface area contributed by atoms with Crippen LogP contribution in [-0.2, 0) is 10.3 Å². The highest BCUT2D eigenvalue weighted by Crippen LogP contribution is 2.33. The highest BCUT2D eigenvalue weighted by Gasteiger charge is 2.24. The van der Waals surface area contributed by atoms with Crippen molar-refractivity contribution >= 4 is 21.6 Å². The molecule has 0 atom stereocenters. The van der Waals surface area contributed by atoms with Gasteiger partial charge < -0.3 is 9.82 Å². The quantitative estimate of drug-likeness (QED) is 0.924. The number of hydrogen-bond acceptors (Lipinski definition) is 5. The zero-order valence-corrected chi connectivity index (χ0v) is 14.4. The van der Waals surface area contributed by atoms with E-state index in [9.17, 15) is 4.79 Å². The SMILES string of the molecule is CON1CCC(c2nc3sc(C(C)(C)C)cc3c(=O)[nH]2)CC1. The first-order valence-corrected chi connectivity index (χ1v) is 8.53. The number of fused-ring (bicyclic) bond motifs is 1. The van der Waals surface area contributed by atoms with Crippen LogP contribution in [0.2, 0.25) is 0 Å². The molecule has 1 fully saturated rings. The summed E-state index contributed by atoms with van der Waals surface area (Å²) in [5.41, 5.74) is 0.0304. The summed E-state index contributed by atoms with van der Waals surface area (Å²) in [6.07, 6.45) is 1.92. The number of hydroxylamine groups is 2. The Morgan fingerprint density at radius 3 is 2.64 bits per heavy atom.